The Kier molecular flexibility index (Phi) is 3.30. The zero-order chi connectivity index (χ0) is 14.1. The standard InChI is InChI=1S/C14H18N4O2/c1-10-8-12(19)18-13(16-10)11(9-15-18)14(20)17-6-4-2-3-5-7-17/h8-9,15H,2-7H2,1H3. The number of nitrogens with zero attached hydrogens (tertiary/aromatic N) is 3. The highest BCUT2D eigenvalue weighted by molar-refractivity contribution is 5.99. The van der Waals surface area contributed by atoms with Crippen LogP contribution in [-0.4, -0.2) is 38.5 Å². The number of carbonyl (C=O) groups is 1. The molecule has 1 aliphatic heterocycles. The van der Waals surface area contributed by atoms with Crippen molar-refractivity contribution in [1.29, 1.82) is 0 Å². The molecule has 2 aromatic heterocycles. The van der Waals surface area contributed by atoms with Gasteiger partial charge in [0.05, 0.1) is 0 Å². The topological polar surface area (TPSA) is 70.5 Å². The maximum Gasteiger partial charge on any atom is 0.272 e. The number of likely N-dealkylation sites (tertiary alicyclic amines) is 1. The Morgan fingerprint density at radius 1 is 1.25 bits per heavy atom. The molecule has 0 aromatic carbocycles. The molecular formula is C14H18N4O2. The quantitative estimate of drug-likeness (QED) is 0.853. The van der Waals surface area contributed by atoms with E-state index >= 15 is 0 Å². The zero-order valence-electron chi connectivity index (χ0n) is 11.6. The van der Waals surface area contributed by atoms with Crippen LogP contribution in [0, 0.1) is 6.92 Å². The minimum Gasteiger partial charge on any atom is -0.338 e. The van der Waals surface area contributed by atoms with Crippen LogP contribution >= 0.6 is 0 Å². The van der Waals surface area contributed by atoms with E-state index in [1.165, 1.54) is 23.4 Å². The molecule has 6 nitrogen and oxygen atoms in total. The van der Waals surface area contributed by atoms with Crippen LogP contribution in [0.5, 0.6) is 0 Å². The van der Waals surface area contributed by atoms with Gasteiger partial charge in [-0.15, -0.1) is 0 Å². The van der Waals surface area contributed by atoms with Gasteiger partial charge in [0.1, 0.15) is 5.56 Å². The molecule has 1 amide bonds. The first kappa shape index (κ1) is 12.9. The van der Waals surface area contributed by atoms with Gasteiger partial charge >= 0.3 is 0 Å². The first-order valence-electron chi connectivity index (χ1n) is 7.04. The molecule has 20 heavy (non-hydrogen) atoms. The van der Waals surface area contributed by atoms with Crippen LogP contribution in [-0.2, 0) is 0 Å². The first-order valence-corrected chi connectivity index (χ1v) is 7.04. The summed E-state index contributed by atoms with van der Waals surface area (Å²) >= 11 is 0. The summed E-state index contributed by atoms with van der Waals surface area (Å²) in [7, 11) is 0. The molecule has 1 aliphatic rings. The Morgan fingerprint density at radius 3 is 2.65 bits per heavy atom. The van der Waals surface area contributed by atoms with Crippen molar-refractivity contribution in [3.63, 3.8) is 0 Å². The maximum atomic E-state index is 12.6. The van der Waals surface area contributed by atoms with E-state index in [0.29, 0.717) is 16.9 Å². The monoisotopic (exact) mass is 274 g/mol. The minimum atomic E-state index is -0.192. The molecule has 3 heterocycles. The summed E-state index contributed by atoms with van der Waals surface area (Å²) in [5, 5.41) is 2.81. The predicted molar refractivity (Wildman–Crippen MR) is 74.9 cm³/mol. The maximum absolute atomic E-state index is 12.6. The summed E-state index contributed by atoms with van der Waals surface area (Å²) in [6.45, 7) is 3.33. The molecule has 0 saturated carbocycles. The van der Waals surface area contributed by atoms with Crippen molar-refractivity contribution < 1.29 is 4.79 Å². The highest BCUT2D eigenvalue weighted by atomic mass is 16.2. The van der Waals surface area contributed by atoms with Gasteiger partial charge in [0.25, 0.3) is 11.5 Å². The van der Waals surface area contributed by atoms with Gasteiger partial charge in [0.2, 0.25) is 0 Å². The summed E-state index contributed by atoms with van der Waals surface area (Å²) in [4.78, 5) is 30.6. The number of hydrogen-bond donors (Lipinski definition) is 1. The van der Waals surface area contributed by atoms with Gasteiger partial charge in [0, 0.05) is 31.0 Å². The van der Waals surface area contributed by atoms with E-state index in [-0.39, 0.29) is 11.5 Å². The molecule has 0 aliphatic carbocycles. The van der Waals surface area contributed by atoms with E-state index in [4.69, 9.17) is 0 Å². The minimum absolute atomic E-state index is 0.0387. The normalized spacial score (nSPS) is 16.4. The van der Waals surface area contributed by atoms with Crippen molar-refractivity contribution in [1.82, 2.24) is 19.5 Å². The molecular weight excluding hydrogens is 256 g/mol. The summed E-state index contributed by atoms with van der Waals surface area (Å²) in [6.07, 6.45) is 6.01. The number of aryl methyl sites for hydroxylation is 1. The number of rotatable bonds is 1. The lowest BCUT2D eigenvalue weighted by atomic mass is 10.2. The van der Waals surface area contributed by atoms with E-state index < -0.39 is 0 Å². The van der Waals surface area contributed by atoms with Crippen LogP contribution in [0.25, 0.3) is 5.65 Å². The molecule has 6 heteroatoms. The second-order valence-electron chi connectivity index (χ2n) is 5.29. The fourth-order valence-corrected chi connectivity index (χ4v) is 2.70. The van der Waals surface area contributed by atoms with E-state index in [1.54, 1.807) is 13.1 Å². The molecule has 3 rings (SSSR count). The summed E-state index contributed by atoms with van der Waals surface area (Å²) in [6, 6.07) is 1.45. The van der Waals surface area contributed by atoms with Crippen molar-refractivity contribution in [2.24, 2.45) is 0 Å². The molecule has 0 radical (unpaired) electrons. The van der Waals surface area contributed by atoms with Crippen LogP contribution in [0.2, 0.25) is 0 Å². The van der Waals surface area contributed by atoms with E-state index in [1.807, 2.05) is 4.90 Å². The number of H-pyrrole nitrogens is 1. The molecule has 0 bridgehead atoms. The average Bonchev–Trinajstić information content (AvgIpc) is 2.66. The molecule has 2 aromatic rings. The van der Waals surface area contributed by atoms with Crippen molar-refractivity contribution >= 4 is 11.6 Å². The second kappa shape index (κ2) is 5.11. The van der Waals surface area contributed by atoms with E-state index in [9.17, 15) is 9.59 Å². The molecule has 1 N–H and O–H groups in total. The Balaban J connectivity index is 2.01. The Hall–Kier alpha value is -2.11. The molecule has 0 unspecified atom stereocenters. The fourth-order valence-electron chi connectivity index (χ4n) is 2.70. The van der Waals surface area contributed by atoms with Gasteiger partial charge in [0.15, 0.2) is 5.65 Å². The molecule has 0 atom stereocenters. The van der Waals surface area contributed by atoms with Gasteiger partial charge in [-0.2, -0.15) is 0 Å². The predicted octanol–water partition coefficient (Wildman–Crippen LogP) is 1.35. The lowest BCUT2D eigenvalue weighted by Crippen LogP contribution is -2.32. The van der Waals surface area contributed by atoms with Crippen molar-refractivity contribution in [3.8, 4) is 0 Å². The Labute approximate surface area is 116 Å². The molecule has 106 valence electrons. The SMILES string of the molecule is Cc1cc(=O)n2[nH]cc(C(=O)N3CCCCCC3)c2n1. The molecule has 1 fully saturated rings. The van der Waals surface area contributed by atoms with Crippen LogP contribution in [0.4, 0.5) is 0 Å². The van der Waals surface area contributed by atoms with Gasteiger partial charge < -0.3 is 4.90 Å². The molecule has 0 spiro atoms. The highest BCUT2D eigenvalue weighted by Gasteiger charge is 2.21. The Morgan fingerprint density at radius 2 is 1.95 bits per heavy atom. The third kappa shape index (κ3) is 2.21. The highest BCUT2D eigenvalue weighted by Crippen LogP contribution is 2.15. The second-order valence-corrected chi connectivity index (χ2v) is 5.29. The van der Waals surface area contributed by atoms with Gasteiger partial charge in [-0.3, -0.25) is 14.7 Å². The largest absolute Gasteiger partial charge is 0.338 e. The lowest BCUT2D eigenvalue weighted by Gasteiger charge is -2.19. The van der Waals surface area contributed by atoms with E-state index in [0.717, 1.165) is 25.9 Å². The Bertz CT molecular complexity index is 693. The molecule has 1 saturated heterocycles. The average molecular weight is 274 g/mol. The first-order chi connectivity index (χ1) is 9.66. The number of hydrogen-bond acceptors (Lipinski definition) is 3. The van der Waals surface area contributed by atoms with Crippen LogP contribution in [0.1, 0.15) is 41.7 Å². The number of amides is 1. The number of aromatic nitrogens is 3. The van der Waals surface area contributed by atoms with Crippen LogP contribution in [0.15, 0.2) is 17.1 Å². The lowest BCUT2D eigenvalue weighted by molar-refractivity contribution is 0.0763. The van der Waals surface area contributed by atoms with Crippen molar-refractivity contribution in [3.05, 3.63) is 33.9 Å². The summed E-state index contributed by atoms with van der Waals surface area (Å²) in [5.41, 5.74) is 1.33. The van der Waals surface area contributed by atoms with Gasteiger partial charge in [-0.1, -0.05) is 12.8 Å². The number of nitrogens with one attached hydrogen (secondary N) is 1. The van der Waals surface area contributed by atoms with Crippen LogP contribution < -0.4 is 5.56 Å². The fraction of sp³-hybridized carbons (Fsp3) is 0.500. The number of fused-ring (bicyclic) bond motifs is 1. The summed E-state index contributed by atoms with van der Waals surface area (Å²) < 4.78 is 1.32. The van der Waals surface area contributed by atoms with Crippen LogP contribution in [0.3, 0.4) is 0 Å². The third-order valence-electron chi connectivity index (χ3n) is 3.75. The third-order valence-corrected chi connectivity index (χ3v) is 3.75. The van der Waals surface area contributed by atoms with Gasteiger partial charge in [-0.25, -0.2) is 9.50 Å². The number of carbonyl (C=O) groups excluding carboxylic acids is 1. The van der Waals surface area contributed by atoms with Gasteiger partial charge in [-0.05, 0) is 19.8 Å². The van der Waals surface area contributed by atoms with Crippen molar-refractivity contribution in [2.45, 2.75) is 32.6 Å². The number of aromatic amines is 1. The van der Waals surface area contributed by atoms with Crippen molar-refractivity contribution in [2.75, 3.05) is 13.1 Å². The van der Waals surface area contributed by atoms with E-state index in [2.05, 4.69) is 10.1 Å². The smallest absolute Gasteiger partial charge is 0.272 e. The summed E-state index contributed by atoms with van der Waals surface area (Å²) in [5.74, 6) is -0.0387. The zero-order valence-corrected chi connectivity index (χ0v) is 11.6.